The van der Waals surface area contributed by atoms with Gasteiger partial charge in [0.15, 0.2) is 5.82 Å². The van der Waals surface area contributed by atoms with Crippen LogP contribution in [-0.4, -0.2) is 40.0 Å². The summed E-state index contributed by atoms with van der Waals surface area (Å²) in [5, 5.41) is 7.89. The predicted octanol–water partition coefficient (Wildman–Crippen LogP) is 2.17. The molecular weight excluding hydrogens is 334 g/mol. The van der Waals surface area contributed by atoms with E-state index < -0.39 is 0 Å². The normalized spacial score (nSPS) is 12.5. The first-order valence-corrected chi connectivity index (χ1v) is 7.77. The molecule has 1 N–H and O–H groups in total. The second-order valence-electron chi connectivity index (χ2n) is 4.59. The summed E-state index contributed by atoms with van der Waals surface area (Å²) in [4.78, 5) is 8.77. The minimum atomic E-state index is -0.0973. The summed E-state index contributed by atoms with van der Waals surface area (Å²) in [6.07, 6.45) is 6.35. The third-order valence-corrected chi connectivity index (χ3v) is 3.67. The van der Waals surface area contributed by atoms with E-state index in [1.165, 1.54) is 0 Å². The van der Waals surface area contributed by atoms with Crippen molar-refractivity contribution in [3.8, 4) is 0 Å². The second-order valence-corrected chi connectivity index (χ2v) is 5.44. The summed E-state index contributed by atoms with van der Waals surface area (Å²) in [6, 6.07) is 1.72. The van der Waals surface area contributed by atoms with Crippen LogP contribution < -0.4 is 5.32 Å². The molecule has 1 unspecified atom stereocenters. The van der Waals surface area contributed by atoms with Gasteiger partial charge in [-0.3, -0.25) is 4.68 Å². The number of methoxy groups -OCH3 is 1. The molecule has 0 saturated heterocycles. The molecule has 21 heavy (non-hydrogen) atoms. The lowest BCUT2D eigenvalue weighted by molar-refractivity contribution is 0.182. The molecule has 2 rings (SSSR count). The van der Waals surface area contributed by atoms with Crippen LogP contribution in [0.5, 0.6) is 0 Å². The molecule has 2 aromatic heterocycles. The van der Waals surface area contributed by atoms with E-state index in [0.717, 1.165) is 29.0 Å². The Balaban J connectivity index is 2.34. The number of halogens is 1. The van der Waals surface area contributed by atoms with Crippen LogP contribution in [0.1, 0.15) is 30.9 Å². The van der Waals surface area contributed by atoms with Crippen LogP contribution in [-0.2, 0) is 11.3 Å². The van der Waals surface area contributed by atoms with Gasteiger partial charge in [0.2, 0.25) is 0 Å². The van der Waals surface area contributed by atoms with Crippen molar-refractivity contribution in [2.24, 2.45) is 0 Å². The average molecular weight is 354 g/mol. The molecule has 0 spiro atoms. The number of rotatable bonds is 8. The van der Waals surface area contributed by atoms with E-state index in [1.54, 1.807) is 25.7 Å². The van der Waals surface area contributed by atoms with Crippen LogP contribution in [0.2, 0.25) is 0 Å². The van der Waals surface area contributed by atoms with Gasteiger partial charge in [0.1, 0.15) is 6.04 Å². The molecule has 0 aromatic carbocycles. The van der Waals surface area contributed by atoms with Gasteiger partial charge in [0.25, 0.3) is 0 Å². The molecule has 0 aliphatic heterocycles. The lowest BCUT2D eigenvalue weighted by atomic mass is 10.2. The summed E-state index contributed by atoms with van der Waals surface area (Å²) in [6.45, 7) is 4.31. The zero-order valence-corrected chi connectivity index (χ0v) is 13.9. The zero-order chi connectivity index (χ0) is 15.1. The Kier molecular flexibility index (Phi) is 6.28. The van der Waals surface area contributed by atoms with Crippen molar-refractivity contribution in [3.05, 3.63) is 40.6 Å². The van der Waals surface area contributed by atoms with E-state index in [1.807, 2.05) is 10.7 Å². The molecule has 0 aliphatic carbocycles. The molecule has 0 amide bonds. The number of hydrogen-bond donors (Lipinski definition) is 1. The molecule has 1 atom stereocenters. The van der Waals surface area contributed by atoms with Gasteiger partial charge in [0, 0.05) is 19.5 Å². The van der Waals surface area contributed by atoms with Gasteiger partial charge in [-0.1, -0.05) is 6.92 Å². The quantitative estimate of drug-likeness (QED) is 0.787. The van der Waals surface area contributed by atoms with Crippen molar-refractivity contribution in [2.45, 2.75) is 25.9 Å². The monoisotopic (exact) mass is 353 g/mol. The molecule has 2 aromatic rings. The standard InChI is InChI=1S/C14H20BrN5O/c1-3-5-16-12(14-17-6-4-7-18-14)13-11(15)10-19-20(13)8-9-21-2/h4,6-7,10,12,16H,3,5,8-9H2,1-2H3. The lowest BCUT2D eigenvalue weighted by Crippen LogP contribution is -2.28. The lowest BCUT2D eigenvalue weighted by Gasteiger charge is -2.19. The third-order valence-electron chi connectivity index (χ3n) is 3.06. The largest absolute Gasteiger partial charge is 0.383 e. The smallest absolute Gasteiger partial charge is 0.151 e. The summed E-state index contributed by atoms with van der Waals surface area (Å²) < 4.78 is 8.02. The van der Waals surface area contributed by atoms with Gasteiger partial charge < -0.3 is 10.1 Å². The molecule has 0 bridgehead atoms. The average Bonchev–Trinajstić information content (AvgIpc) is 2.88. The van der Waals surface area contributed by atoms with Crippen LogP contribution in [0.3, 0.4) is 0 Å². The highest BCUT2D eigenvalue weighted by molar-refractivity contribution is 9.10. The first-order valence-electron chi connectivity index (χ1n) is 6.98. The fourth-order valence-corrected chi connectivity index (χ4v) is 2.60. The fourth-order valence-electron chi connectivity index (χ4n) is 2.07. The Morgan fingerprint density at radius 1 is 1.38 bits per heavy atom. The highest BCUT2D eigenvalue weighted by Crippen LogP contribution is 2.26. The first-order chi connectivity index (χ1) is 10.3. The van der Waals surface area contributed by atoms with Crippen LogP contribution in [0, 0.1) is 0 Å². The molecule has 6 nitrogen and oxygen atoms in total. The Morgan fingerprint density at radius 3 is 2.81 bits per heavy atom. The van der Waals surface area contributed by atoms with Crippen molar-refractivity contribution in [2.75, 3.05) is 20.3 Å². The Hall–Kier alpha value is -1.31. The zero-order valence-electron chi connectivity index (χ0n) is 12.3. The van der Waals surface area contributed by atoms with Crippen molar-refractivity contribution in [3.63, 3.8) is 0 Å². The topological polar surface area (TPSA) is 64.9 Å². The number of aromatic nitrogens is 4. The number of hydrogen-bond acceptors (Lipinski definition) is 5. The summed E-state index contributed by atoms with van der Waals surface area (Å²) in [5.74, 6) is 0.741. The summed E-state index contributed by atoms with van der Waals surface area (Å²) in [5.41, 5.74) is 1.02. The molecule has 0 aliphatic rings. The summed E-state index contributed by atoms with van der Waals surface area (Å²) >= 11 is 3.58. The van der Waals surface area contributed by atoms with Crippen LogP contribution >= 0.6 is 15.9 Å². The van der Waals surface area contributed by atoms with Gasteiger partial charge in [-0.05, 0) is 35.0 Å². The highest BCUT2D eigenvalue weighted by atomic mass is 79.9. The minimum absolute atomic E-state index is 0.0973. The van der Waals surface area contributed by atoms with E-state index in [9.17, 15) is 0 Å². The molecule has 7 heteroatoms. The van der Waals surface area contributed by atoms with Gasteiger partial charge in [-0.2, -0.15) is 5.10 Å². The number of nitrogens with one attached hydrogen (secondary N) is 1. The van der Waals surface area contributed by atoms with Crippen LogP contribution in [0.25, 0.3) is 0 Å². The second kappa shape index (κ2) is 8.21. The SMILES string of the molecule is CCCNC(c1ncccn1)c1c(Br)cnn1CCOC. The van der Waals surface area contributed by atoms with E-state index in [0.29, 0.717) is 13.2 Å². The van der Waals surface area contributed by atoms with E-state index >= 15 is 0 Å². The van der Waals surface area contributed by atoms with Gasteiger partial charge in [-0.15, -0.1) is 0 Å². The third kappa shape index (κ3) is 4.09. The Labute approximate surface area is 133 Å². The Morgan fingerprint density at radius 2 is 2.14 bits per heavy atom. The first kappa shape index (κ1) is 16.1. The van der Waals surface area contributed by atoms with Gasteiger partial charge >= 0.3 is 0 Å². The molecule has 2 heterocycles. The molecular formula is C14H20BrN5O. The van der Waals surface area contributed by atoms with Crippen molar-refractivity contribution in [1.29, 1.82) is 0 Å². The molecule has 0 radical (unpaired) electrons. The van der Waals surface area contributed by atoms with Gasteiger partial charge in [0.05, 0.1) is 29.5 Å². The predicted molar refractivity (Wildman–Crippen MR) is 84.0 cm³/mol. The molecule has 0 fully saturated rings. The number of ether oxygens (including phenoxy) is 1. The molecule has 0 saturated carbocycles. The van der Waals surface area contributed by atoms with Crippen LogP contribution in [0.15, 0.2) is 29.1 Å². The van der Waals surface area contributed by atoms with Crippen molar-refractivity contribution in [1.82, 2.24) is 25.1 Å². The van der Waals surface area contributed by atoms with Crippen LogP contribution in [0.4, 0.5) is 0 Å². The van der Waals surface area contributed by atoms with Gasteiger partial charge in [-0.25, -0.2) is 9.97 Å². The number of nitrogens with zero attached hydrogens (tertiary/aromatic N) is 4. The Bertz CT molecular complexity index is 546. The van der Waals surface area contributed by atoms with E-state index in [-0.39, 0.29) is 6.04 Å². The minimum Gasteiger partial charge on any atom is -0.383 e. The van der Waals surface area contributed by atoms with Crippen molar-refractivity contribution >= 4 is 15.9 Å². The van der Waals surface area contributed by atoms with E-state index in [2.05, 4.69) is 43.2 Å². The maximum atomic E-state index is 5.15. The highest BCUT2D eigenvalue weighted by Gasteiger charge is 2.23. The maximum absolute atomic E-state index is 5.15. The van der Waals surface area contributed by atoms with E-state index in [4.69, 9.17) is 4.74 Å². The fraction of sp³-hybridized carbons (Fsp3) is 0.500. The van der Waals surface area contributed by atoms with Crippen molar-refractivity contribution < 1.29 is 4.74 Å². The summed E-state index contributed by atoms with van der Waals surface area (Å²) in [7, 11) is 1.69. The maximum Gasteiger partial charge on any atom is 0.151 e. The molecule has 114 valence electrons.